The lowest BCUT2D eigenvalue weighted by Crippen LogP contribution is -2.24. The van der Waals surface area contributed by atoms with Gasteiger partial charge in [-0.1, -0.05) is 6.07 Å². The predicted molar refractivity (Wildman–Crippen MR) is 116 cm³/mol. The Kier molecular flexibility index (Phi) is 6.38. The lowest BCUT2D eigenvalue weighted by molar-refractivity contribution is -0.117. The van der Waals surface area contributed by atoms with Crippen LogP contribution in [0.1, 0.15) is 41.3 Å². The van der Waals surface area contributed by atoms with Gasteiger partial charge >= 0.3 is 0 Å². The van der Waals surface area contributed by atoms with E-state index in [0.717, 1.165) is 34.0 Å². The van der Waals surface area contributed by atoms with Crippen LogP contribution in [0.15, 0.2) is 36.0 Å². The van der Waals surface area contributed by atoms with Gasteiger partial charge in [0.25, 0.3) is 5.91 Å². The highest BCUT2D eigenvalue weighted by Gasteiger charge is 2.16. The molecule has 1 N–H and O–H groups in total. The Labute approximate surface area is 176 Å². The molecule has 0 saturated heterocycles. The molecule has 0 aromatic carbocycles. The summed E-state index contributed by atoms with van der Waals surface area (Å²) in [5.74, 6) is -0.416. The fourth-order valence-electron chi connectivity index (χ4n) is 3.80. The highest BCUT2D eigenvalue weighted by Crippen LogP contribution is 2.23. The van der Waals surface area contributed by atoms with Crippen LogP contribution < -0.4 is 5.32 Å². The van der Waals surface area contributed by atoms with Crippen LogP contribution in [-0.4, -0.2) is 33.6 Å². The zero-order chi connectivity index (χ0) is 21.8. The van der Waals surface area contributed by atoms with Crippen molar-refractivity contribution in [1.82, 2.24) is 19.3 Å². The number of hydrogen-bond acceptors (Lipinski definition) is 4. The number of rotatable bonds is 7. The number of fused-ring (bicyclic) bond motifs is 1. The maximum absolute atomic E-state index is 12.6. The van der Waals surface area contributed by atoms with Crippen LogP contribution >= 0.6 is 0 Å². The van der Waals surface area contributed by atoms with Crippen molar-refractivity contribution >= 4 is 17.6 Å². The molecule has 1 unspecified atom stereocenters. The summed E-state index contributed by atoms with van der Waals surface area (Å²) in [6, 6.07) is 10.0. The van der Waals surface area contributed by atoms with Gasteiger partial charge in [0.1, 0.15) is 17.3 Å². The van der Waals surface area contributed by atoms with Crippen molar-refractivity contribution in [3.63, 3.8) is 0 Å². The molecule has 1 amide bonds. The van der Waals surface area contributed by atoms with E-state index in [1.54, 1.807) is 13.2 Å². The van der Waals surface area contributed by atoms with E-state index in [-0.39, 0.29) is 18.2 Å². The average molecular weight is 406 g/mol. The fraction of sp³-hybridized carbons (Fsp3) is 0.348. The molecule has 0 spiro atoms. The minimum Gasteiger partial charge on any atom is -0.383 e. The normalized spacial score (nSPS) is 12.7. The largest absolute Gasteiger partial charge is 0.383 e. The molecule has 0 aliphatic carbocycles. The summed E-state index contributed by atoms with van der Waals surface area (Å²) < 4.78 is 9.39. The number of pyridine rings is 1. The van der Waals surface area contributed by atoms with Gasteiger partial charge in [0.2, 0.25) is 0 Å². The highest BCUT2D eigenvalue weighted by atomic mass is 16.5. The van der Waals surface area contributed by atoms with E-state index in [1.165, 1.54) is 0 Å². The van der Waals surface area contributed by atoms with Crippen molar-refractivity contribution in [2.75, 3.05) is 13.7 Å². The SMILES string of the molecule is COCC(C)n1c(C)cc(C=C(C#N)C(=O)NCc2cn3c(C)cccc3n2)c1C. The third kappa shape index (κ3) is 4.29. The monoisotopic (exact) mass is 405 g/mol. The lowest BCUT2D eigenvalue weighted by Gasteiger charge is -2.17. The minimum absolute atomic E-state index is 0.0644. The van der Waals surface area contributed by atoms with E-state index in [2.05, 4.69) is 21.8 Å². The van der Waals surface area contributed by atoms with Crippen LogP contribution in [0.2, 0.25) is 0 Å². The molecule has 156 valence electrons. The van der Waals surface area contributed by atoms with Crippen molar-refractivity contribution in [2.24, 2.45) is 0 Å². The predicted octanol–water partition coefficient (Wildman–Crippen LogP) is 3.49. The number of nitriles is 1. The molecule has 0 aliphatic rings. The van der Waals surface area contributed by atoms with Crippen molar-refractivity contribution in [1.29, 1.82) is 5.26 Å². The summed E-state index contributed by atoms with van der Waals surface area (Å²) in [5, 5.41) is 12.3. The smallest absolute Gasteiger partial charge is 0.262 e. The minimum atomic E-state index is -0.416. The first-order chi connectivity index (χ1) is 14.3. The Hall–Kier alpha value is -3.37. The van der Waals surface area contributed by atoms with Gasteiger partial charge in [-0.05, 0) is 57.5 Å². The van der Waals surface area contributed by atoms with Crippen LogP contribution in [0.3, 0.4) is 0 Å². The molecule has 7 heteroatoms. The summed E-state index contributed by atoms with van der Waals surface area (Å²) in [4.78, 5) is 17.1. The highest BCUT2D eigenvalue weighted by molar-refractivity contribution is 6.01. The molecule has 7 nitrogen and oxygen atoms in total. The van der Waals surface area contributed by atoms with Gasteiger partial charge in [-0.25, -0.2) is 4.98 Å². The van der Waals surface area contributed by atoms with Gasteiger partial charge in [0.05, 0.1) is 24.9 Å². The summed E-state index contributed by atoms with van der Waals surface area (Å²) in [6.07, 6.45) is 3.53. The molecular weight excluding hydrogens is 378 g/mol. The van der Waals surface area contributed by atoms with E-state index < -0.39 is 5.91 Å². The Morgan fingerprint density at radius 3 is 2.77 bits per heavy atom. The Bertz CT molecular complexity index is 1150. The van der Waals surface area contributed by atoms with Crippen LogP contribution in [0.5, 0.6) is 0 Å². The van der Waals surface area contributed by atoms with E-state index in [4.69, 9.17) is 4.74 Å². The van der Waals surface area contributed by atoms with Gasteiger partial charge < -0.3 is 19.0 Å². The van der Waals surface area contributed by atoms with Crippen molar-refractivity contribution in [3.8, 4) is 6.07 Å². The summed E-state index contributed by atoms with van der Waals surface area (Å²) >= 11 is 0. The maximum Gasteiger partial charge on any atom is 0.262 e. The second kappa shape index (κ2) is 8.97. The zero-order valence-electron chi connectivity index (χ0n) is 18.1. The third-order valence-corrected chi connectivity index (χ3v) is 5.21. The third-order valence-electron chi connectivity index (χ3n) is 5.21. The fourth-order valence-corrected chi connectivity index (χ4v) is 3.80. The number of aryl methyl sites for hydroxylation is 2. The van der Waals surface area contributed by atoms with E-state index in [9.17, 15) is 10.1 Å². The van der Waals surface area contributed by atoms with Crippen molar-refractivity contribution < 1.29 is 9.53 Å². The Morgan fingerprint density at radius 2 is 2.10 bits per heavy atom. The topological polar surface area (TPSA) is 84.3 Å². The molecule has 0 bridgehead atoms. The number of carbonyl (C=O) groups is 1. The molecule has 0 aliphatic heterocycles. The molecule has 3 heterocycles. The first kappa shape index (κ1) is 21.3. The molecule has 3 aromatic heterocycles. The van der Waals surface area contributed by atoms with Crippen LogP contribution in [0.4, 0.5) is 0 Å². The number of imidazole rings is 1. The maximum atomic E-state index is 12.6. The van der Waals surface area contributed by atoms with E-state index >= 15 is 0 Å². The molecule has 3 aromatic rings. The van der Waals surface area contributed by atoms with Gasteiger partial charge in [0.15, 0.2) is 0 Å². The lowest BCUT2D eigenvalue weighted by atomic mass is 10.1. The van der Waals surface area contributed by atoms with Gasteiger partial charge in [-0.3, -0.25) is 4.79 Å². The molecule has 0 fully saturated rings. The molecule has 1 atom stereocenters. The number of methoxy groups -OCH3 is 1. The second-order valence-corrected chi connectivity index (χ2v) is 7.48. The van der Waals surface area contributed by atoms with Crippen molar-refractivity contribution in [2.45, 2.75) is 40.3 Å². The number of hydrogen-bond donors (Lipinski definition) is 1. The Morgan fingerprint density at radius 1 is 1.33 bits per heavy atom. The number of aromatic nitrogens is 3. The Balaban J connectivity index is 1.77. The standard InChI is InChI=1S/C23H27N5O2/c1-15-7-6-8-22-26-21(13-27(15)22)12-25-23(29)20(11-24)10-19-9-16(2)28(18(19)4)17(3)14-30-5/h6-10,13,17H,12,14H2,1-5H3,(H,25,29). The molecule has 3 rings (SSSR count). The van der Waals surface area contributed by atoms with Crippen molar-refractivity contribution in [3.05, 3.63) is 64.4 Å². The molecule has 30 heavy (non-hydrogen) atoms. The quantitative estimate of drug-likeness (QED) is 0.482. The second-order valence-electron chi connectivity index (χ2n) is 7.48. The number of carbonyl (C=O) groups excluding carboxylic acids is 1. The number of nitrogens with zero attached hydrogens (tertiary/aromatic N) is 4. The van der Waals surface area contributed by atoms with E-state index in [0.29, 0.717) is 6.61 Å². The summed E-state index contributed by atoms with van der Waals surface area (Å²) in [6.45, 7) is 8.90. The number of nitrogens with one attached hydrogen (secondary N) is 1. The molecule has 0 saturated carbocycles. The van der Waals surface area contributed by atoms with Gasteiger partial charge in [-0.2, -0.15) is 5.26 Å². The summed E-state index contributed by atoms with van der Waals surface area (Å²) in [7, 11) is 1.67. The first-order valence-electron chi connectivity index (χ1n) is 9.86. The summed E-state index contributed by atoms with van der Waals surface area (Å²) in [5.41, 5.74) is 5.59. The average Bonchev–Trinajstić information content (AvgIpc) is 3.25. The van der Waals surface area contributed by atoms with Gasteiger partial charge in [-0.15, -0.1) is 0 Å². The molecular formula is C23H27N5O2. The van der Waals surface area contributed by atoms with Gasteiger partial charge in [0, 0.05) is 30.4 Å². The van der Waals surface area contributed by atoms with Crippen LogP contribution in [-0.2, 0) is 16.1 Å². The molecule has 0 radical (unpaired) electrons. The first-order valence-corrected chi connectivity index (χ1v) is 9.86. The van der Waals surface area contributed by atoms with Crippen LogP contribution in [0.25, 0.3) is 11.7 Å². The van der Waals surface area contributed by atoms with Crippen LogP contribution in [0, 0.1) is 32.1 Å². The number of ether oxygens (including phenoxy) is 1. The zero-order valence-corrected chi connectivity index (χ0v) is 18.1. The van der Waals surface area contributed by atoms with E-state index in [1.807, 2.05) is 61.7 Å². The number of amides is 1.